The number of benzene rings is 1. The van der Waals surface area contributed by atoms with Crippen LogP contribution in [0.2, 0.25) is 0 Å². The van der Waals surface area contributed by atoms with Crippen LogP contribution in [0.3, 0.4) is 0 Å². The summed E-state index contributed by atoms with van der Waals surface area (Å²) < 4.78 is 5.85. The van der Waals surface area contributed by atoms with E-state index in [0.717, 1.165) is 39.5 Å². The van der Waals surface area contributed by atoms with E-state index < -0.39 is 0 Å². The number of rotatable bonds is 6. The number of hydrogen-bond acceptors (Lipinski definition) is 4. The molecule has 3 aromatic rings. The van der Waals surface area contributed by atoms with Crippen molar-refractivity contribution in [1.82, 2.24) is 9.88 Å². The van der Waals surface area contributed by atoms with Crippen molar-refractivity contribution in [3.63, 3.8) is 0 Å². The van der Waals surface area contributed by atoms with Crippen LogP contribution in [0, 0.1) is 0 Å². The van der Waals surface area contributed by atoms with Gasteiger partial charge in [0, 0.05) is 35.9 Å². The largest absolute Gasteiger partial charge is 0.496 e. The van der Waals surface area contributed by atoms with Gasteiger partial charge < -0.3 is 9.64 Å². The second kappa shape index (κ2) is 8.94. The summed E-state index contributed by atoms with van der Waals surface area (Å²) >= 11 is 1.55. The molecule has 1 aromatic carbocycles. The lowest BCUT2D eigenvalue weighted by molar-refractivity contribution is 0.0757. The van der Waals surface area contributed by atoms with Crippen molar-refractivity contribution in [3.05, 3.63) is 70.4 Å². The van der Waals surface area contributed by atoms with Crippen molar-refractivity contribution in [2.75, 3.05) is 13.7 Å². The Morgan fingerprint density at radius 2 is 1.67 bits per heavy atom. The predicted octanol–water partition coefficient (Wildman–Crippen LogP) is 6.83. The van der Waals surface area contributed by atoms with Crippen LogP contribution >= 0.6 is 11.3 Å². The fraction of sp³-hybridized carbons (Fsp3) is 0.429. The minimum atomic E-state index is 0.0592. The van der Waals surface area contributed by atoms with E-state index in [-0.39, 0.29) is 16.7 Å². The summed E-state index contributed by atoms with van der Waals surface area (Å²) in [6.45, 7) is 12.6. The smallest absolute Gasteiger partial charge is 0.264 e. The third-order valence-electron chi connectivity index (χ3n) is 7.05. The van der Waals surface area contributed by atoms with Gasteiger partial charge in [-0.2, -0.15) is 0 Å². The normalized spacial score (nSPS) is 16.2. The zero-order chi connectivity index (χ0) is 23.8. The van der Waals surface area contributed by atoms with Gasteiger partial charge in [-0.1, -0.05) is 27.7 Å². The minimum absolute atomic E-state index is 0.0592. The number of amides is 1. The van der Waals surface area contributed by atoms with Crippen LogP contribution in [0.1, 0.15) is 73.8 Å². The number of aromatic nitrogens is 1. The molecule has 0 saturated carbocycles. The summed E-state index contributed by atoms with van der Waals surface area (Å²) in [5, 5.41) is 0. The third-order valence-corrected chi connectivity index (χ3v) is 8.15. The number of ether oxygens (including phenoxy) is 1. The molecule has 1 aliphatic carbocycles. The molecule has 2 aromatic heterocycles. The first-order chi connectivity index (χ1) is 15.7. The van der Waals surface area contributed by atoms with E-state index in [1.165, 1.54) is 11.1 Å². The fourth-order valence-electron chi connectivity index (χ4n) is 4.74. The van der Waals surface area contributed by atoms with Gasteiger partial charge in [0.05, 0.1) is 12.0 Å². The Bertz CT molecular complexity index is 1150. The first-order valence-corrected chi connectivity index (χ1v) is 12.5. The van der Waals surface area contributed by atoms with Crippen LogP contribution in [0.5, 0.6) is 5.75 Å². The first-order valence-electron chi connectivity index (χ1n) is 11.7. The maximum atomic E-state index is 13.3. The van der Waals surface area contributed by atoms with E-state index in [9.17, 15) is 4.79 Å². The quantitative estimate of drug-likeness (QED) is 0.403. The highest BCUT2D eigenvalue weighted by Crippen LogP contribution is 2.49. The minimum Gasteiger partial charge on any atom is -0.496 e. The molecule has 5 heteroatoms. The number of carbonyl (C=O) groups is 1. The van der Waals surface area contributed by atoms with Gasteiger partial charge in [-0.05, 0) is 83.7 Å². The second-order valence-corrected chi connectivity index (χ2v) is 11.3. The average Bonchev–Trinajstić information content (AvgIpc) is 3.30. The van der Waals surface area contributed by atoms with Crippen LogP contribution in [0.25, 0.3) is 10.4 Å². The Morgan fingerprint density at radius 1 is 1.03 bits per heavy atom. The second-order valence-electron chi connectivity index (χ2n) is 10.2. The van der Waals surface area contributed by atoms with Gasteiger partial charge in [0.1, 0.15) is 5.75 Å². The van der Waals surface area contributed by atoms with Crippen molar-refractivity contribution >= 4 is 17.2 Å². The van der Waals surface area contributed by atoms with E-state index in [0.29, 0.717) is 13.1 Å². The Hall–Kier alpha value is -2.66. The maximum Gasteiger partial charge on any atom is 0.264 e. The Balaban J connectivity index is 1.69. The molecule has 0 spiro atoms. The Morgan fingerprint density at radius 3 is 2.27 bits per heavy atom. The summed E-state index contributed by atoms with van der Waals surface area (Å²) in [7, 11) is 1.74. The number of fused-ring (bicyclic) bond motifs is 1. The standard InChI is InChI=1S/C28H34N2O2S/c1-7-30(18-19-10-14-29-15-11-19)26(31)25-9-8-24(33-25)20-16-21-22(17-23(20)32-6)28(4,5)13-12-27(21,2)3/h8-11,14-17H,7,12-13,18H2,1-6H3. The van der Waals surface area contributed by atoms with Gasteiger partial charge in [0.2, 0.25) is 0 Å². The van der Waals surface area contributed by atoms with E-state index in [2.05, 4.69) is 50.9 Å². The topological polar surface area (TPSA) is 42.4 Å². The lowest BCUT2D eigenvalue weighted by Crippen LogP contribution is -2.33. The number of methoxy groups -OCH3 is 1. The zero-order valence-electron chi connectivity index (χ0n) is 20.6. The van der Waals surface area contributed by atoms with Crippen LogP contribution in [0.4, 0.5) is 0 Å². The van der Waals surface area contributed by atoms with Crippen LogP contribution in [-0.4, -0.2) is 29.4 Å². The molecule has 174 valence electrons. The van der Waals surface area contributed by atoms with Gasteiger partial charge in [-0.3, -0.25) is 9.78 Å². The maximum absolute atomic E-state index is 13.3. The van der Waals surface area contributed by atoms with Crippen molar-refractivity contribution in [1.29, 1.82) is 0 Å². The number of hydrogen-bond donors (Lipinski definition) is 0. The van der Waals surface area contributed by atoms with Crippen molar-refractivity contribution in [2.24, 2.45) is 0 Å². The third kappa shape index (κ3) is 4.56. The molecule has 0 N–H and O–H groups in total. The molecule has 1 amide bonds. The molecule has 4 nitrogen and oxygen atoms in total. The summed E-state index contributed by atoms with van der Waals surface area (Å²) in [6, 6.07) is 12.5. The monoisotopic (exact) mass is 462 g/mol. The van der Waals surface area contributed by atoms with Gasteiger partial charge in [0.15, 0.2) is 0 Å². The molecule has 1 aliphatic rings. The van der Waals surface area contributed by atoms with E-state index >= 15 is 0 Å². The SMILES string of the molecule is CCN(Cc1ccncc1)C(=O)c1ccc(-c2cc3c(cc2OC)C(C)(C)CCC3(C)C)s1. The molecule has 2 heterocycles. The van der Waals surface area contributed by atoms with E-state index in [1.54, 1.807) is 30.8 Å². The lowest BCUT2D eigenvalue weighted by Gasteiger charge is -2.42. The summed E-state index contributed by atoms with van der Waals surface area (Å²) in [5.41, 5.74) is 5.17. The number of thiophene rings is 1. The van der Waals surface area contributed by atoms with Crippen molar-refractivity contribution in [3.8, 4) is 16.2 Å². The van der Waals surface area contributed by atoms with E-state index in [4.69, 9.17) is 4.74 Å². The molecular formula is C28H34N2O2S. The highest BCUT2D eigenvalue weighted by molar-refractivity contribution is 7.17. The van der Waals surface area contributed by atoms with E-state index in [1.807, 2.05) is 30.0 Å². The number of nitrogens with zero attached hydrogens (tertiary/aromatic N) is 2. The predicted molar refractivity (Wildman–Crippen MR) is 136 cm³/mol. The molecular weight excluding hydrogens is 428 g/mol. The molecule has 33 heavy (non-hydrogen) atoms. The number of carbonyl (C=O) groups excluding carboxylic acids is 1. The molecule has 0 radical (unpaired) electrons. The average molecular weight is 463 g/mol. The fourth-order valence-corrected chi connectivity index (χ4v) is 5.74. The molecule has 0 saturated heterocycles. The first kappa shape index (κ1) is 23.5. The molecule has 0 fully saturated rings. The zero-order valence-corrected chi connectivity index (χ0v) is 21.4. The van der Waals surface area contributed by atoms with Crippen molar-refractivity contribution < 1.29 is 9.53 Å². The summed E-state index contributed by atoms with van der Waals surface area (Å²) in [5.74, 6) is 0.938. The molecule has 0 aliphatic heterocycles. The van der Waals surface area contributed by atoms with Crippen molar-refractivity contribution in [2.45, 2.75) is 64.8 Å². The summed E-state index contributed by atoms with van der Waals surface area (Å²) in [6.07, 6.45) is 5.86. The summed E-state index contributed by atoms with van der Waals surface area (Å²) in [4.78, 5) is 21.1. The number of pyridine rings is 1. The van der Waals surface area contributed by atoms with Gasteiger partial charge in [-0.15, -0.1) is 11.3 Å². The Labute approximate surface area is 201 Å². The van der Waals surface area contributed by atoms with Crippen LogP contribution < -0.4 is 4.74 Å². The van der Waals surface area contributed by atoms with Gasteiger partial charge in [-0.25, -0.2) is 0 Å². The van der Waals surface area contributed by atoms with Gasteiger partial charge >= 0.3 is 0 Å². The van der Waals surface area contributed by atoms with Crippen LogP contribution in [-0.2, 0) is 17.4 Å². The molecule has 0 unspecified atom stereocenters. The molecule has 4 rings (SSSR count). The Kier molecular flexibility index (Phi) is 6.37. The molecule has 0 bridgehead atoms. The highest BCUT2D eigenvalue weighted by Gasteiger charge is 2.38. The van der Waals surface area contributed by atoms with Gasteiger partial charge in [0.25, 0.3) is 5.91 Å². The molecule has 0 atom stereocenters. The lowest BCUT2D eigenvalue weighted by atomic mass is 9.63. The van der Waals surface area contributed by atoms with Crippen LogP contribution in [0.15, 0.2) is 48.8 Å². The highest BCUT2D eigenvalue weighted by atomic mass is 32.1.